The van der Waals surface area contributed by atoms with E-state index in [4.69, 9.17) is 0 Å². The van der Waals surface area contributed by atoms with E-state index in [9.17, 15) is 4.79 Å². The first-order valence-electron chi connectivity index (χ1n) is 10.6. The number of quaternary nitrogens is 1. The lowest BCUT2D eigenvalue weighted by molar-refractivity contribution is -0.925. The standard InChI is InChI=1S/C26H31N3O/c1-5-29(19-21-15-17-23(18-16-21)28(3)4)20(2)26(30)27-25-14-10-9-13-24(25)22-11-7-6-8-12-22/h6-18,20H,5,19H2,1-4H3,(H,27,30)/p+1/t20-/m0/s1. The summed E-state index contributed by atoms with van der Waals surface area (Å²) in [6, 6.07) is 26.5. The van der Waals surface area contributed by atoms with Crippen molar-refractivity contribution in [1.29, 1.82) is 0 Å². The Hall–Kier alpha value is -3.11. The van der Waals surface area contributed by atoms with Crippen molar-refractivity contribution in [3.8, 4) is 11.1 Å². The molecule has 0 aromatic heterocycles. The zero-order valence-corrected chi connectivity index (χ0v) is 18.4. The maximum Gasteiger partial charge on any atom is 0.282 e. The number of hydrogen-bond donors (Lipinski definition) is 2. The minimum atomic E-state index is -0.160. The second kappa shape index (κ2) is 10.1. The average molecular weight is 403 g/mol. The van der Waals surface area contributed by atoms with Gasteiger partial charge in [0.2, 0.25) is 0 Å². The number of para-hydroxylation sites is 1. The maximum atomic E-state index is 13.1. The van der Waals surface area contributed by atoms with Gasteiger partial charge in [0.1, 0.15) is 6.54 Å². The van der Waals surface area contributed by atoms with Gasteiger partial charge in [-0.2, -0.15) is 0 Å². The lowest BCUT2D eigenvalue weighted by Gasteiger charge is -2.25. The summed E-state index contributed by atoms with van der Waals surface area (Å²) >= 11 is 0. The predicted molar refractivity (Wildman–Crippen MR) is 126 cm³/mol. The highest BCUT2D eigenvalue weighted by Crippen LogP contribution is 2.27. The summed E-state index contributed by atoms with van der Waals surface area (Å²) in [7, 11) is 4.08. The third-order valence-corrected chi connectivity index (χ3v) is 5.61. The molecule has 0 heterocycles. The Labute approximate surface area is 180 Å². The summed E-state index contributed by atoms with van der Waals surface area (Å²) in [5, 5.41) is 3.17. The molecule has 0 fully saturated rings. The van der Waals surface area contributed by atoms with Crippen LogP contribution in [0.15, 0.2) is 78.9 Å². The predicted octanol–water partition coefficient (Wildman–Crippen LogP) is 3.85. The van der Waals surface area contributed by atoms with Crippen LogP contribution in [0.2, 0.25) is 0 Å². The van der Waals surface area contributed by atoms with Gasteiger partial charge in [0.05, 0.1) is 6.54 Å². The van der Waals surface area contributed by atoms with Crippen molar-refractivity contribution >= 4 is 17.3 Å². The molecule has 3 rings (SSSR count). The van der Waals surface area contributed by atoms with Crippen LogP contribution in [-0.4, -0.2) is 32.6 Å². The largest absolute Gasteiger partial charge is 0.378 e. The molecule has 0 radical (unpaired) electrons. The highest BCUT2D eigenvalue weighted by atomic mass is 16.2. The fourth-order valence-corrected chi connectivity index (χ4v) is 3.65. The zero-order valence-electron chi connectivity index (χ0n) is 18.4. The van der Waals surface area contributed by atoms with E-state index in [1.54, 1.807) is 0 Å². The van der Waals surface area contributed by atoms with Crippen LogP contribution < -0.4 is 15.1 Å². The van der Waals surface area contributed by atoms with E-state index in [0.717, 1.165) is 29.9 Å². The molecule has 156 valence electrons. The molecule has 0 aliphatic heterocycles. The van der Waals surface area contributed by atoms with Crippen molar-refractivity contribution in [3.05, 3.63) is 84.4 Å². The number of likely N-dealkylation sites (N-methyl/N-ethyl adjacent to an activating group) is 1. The molecule has 0 saturated carbocycles. The van der Waals surface area contributed by atoms with Crippen molar-refractivity contribution in [1.82, 2.24) is 0 Å². The summed E-state index contributed by atoms with van der Waals surface area (Å²) in [6.07, 6.45) is 0. The fourth-order valence-electron chi connectivity index (χ4n) is 3.65. The van der Waals surface area contributed by atoms with Gasteiger partial charge in [0.25, 0.3) is 5.91 Å². The number of benzene rings is 3. The number of hydrogen-bond acceptors (Lipinski definition) is 2. The van der Waals surface area contributed by atoms with E-state index in [0.29, 0.717) is 0 Å². The first-order valence-corrected chi connectivity index (χ1v) is 10.6. The van der Waals surface area contributed by atoms with Gasteiger partial charge in [-0.3, -0.25) is 4.79 Å². The van der Waals surface area contributed by atoms with Crippen molar-refractivity contribution in [2.45, 2.75) is 26.4 Å². The number of amides is 1. The molecule has 1 unspecified atom stereocenters. The Morgan fingerprint density at radius 1 is 0.933 bits per heavy atom. The first kappa shape index (κ1) is 21.6. The number of carbonyl (C=O) groups excluding carboxylic acids is 1. The minimum absolute atomic E-state index is 0.0418. The molecule has 0 bridgehead atoms. The zero-order chi connectivity index (χ0) is 21.5. The fraction of sp³-hybridized carbons (Fsp3) is 0.269. The molecule has 0 aliphatic rings. The third kappa shape index (κ3) is 5.28. The van der Waals surface area contributed by atoms with Gasteiger partial charge in [0.15, 0.2) is 6.04 Å². The lowest BCUT2D eigenvalue weighted by Crippen LogP contribution is -3.15. The Kier molecular flexibility index (Phi) is 7.26. The molecule has 3 aromatic rings. The first-order chi connectivity index (χ1) is 14.5. The molecule has 30 heavy (non-hydrogen) atoms. The van der Waals surface area contributed by atoms with Crippen molar-refractivity contribution < 1.29 is 9.69 Å². The van der Waals surface area contributed by atoms with E-state index in [1.807, 2.05) is 63.5 Å². The van der Waals surface area contributed by atoms with Crippen LogP contribution in [0.4, 0.5) is 11.4 Å². The van der Waals surface area contributed by atoms with Crippen LogP contribution >= 0.6 is 0 Å². The van der Waals surface area contributed by atoms with Crippen LogP contribution in [-0.2, 0) is 11.3 Å². The smallest absolute Gasteiger partial charge is 0.282 e. The Morgan fingerprint density at radius 3 is 2.20 bits per heavy atom. The van der Waals surface area contributed by atoms with Gasteiger partial charge in [-0.1, -0.05) is 60.7 Å². The SMILES string of the molecule is CC[NH+](Cc1ccc(N(C)C)cc1)[C@@H](C)C(=O)Nc1ccccc1-c1ccccc1. The Morgan fingerprint density at radius 2 is 1.57 bits per heavy atom. The summed E-state index contributed by atoms with van der Waals surface area (Å²) in [4.78, 5) is 16.4. The summed E-state index contributed by atoms with van der Waals surface area (Å²) < 4.78 is 0. The highest BCUT2D eigenvalue weighted by Gasteiger charge is 2.24. The van der Waals surface area contributed by atoms with E-state index < -0.39 is 0 Å². The van der Waals surface area contributed by atoms with Gasteiger partial charge < -0.3 is 15.1 Å². The van der Waals surface area contributed by atoms with Gasteiger partial charge in [-0.25, -0.2) is 0 Å². The molecule has 2 atom stereocenters. The van der Waals surface area contributed by atoms with E-state index >= 15 is 0 Å². The van der Waals surface area contributed by atoms with E-state index in [1.165, 1.54) is 16.2 Å². The van der Waals surface area contributed by atoms with Crippen LogP contribution in [0.5, 0.6) is 0 Å². The molecule has 4 nitrogen and oxygen atoms in total. The van der Waals surface area contributed by atoms with Crippen molar-refractivity contribution in [2.75, 3.05) is 30.9 Å². The molecular formula is C26H32N3O+. The van der Waals surface area contributed by atoms with Crippen LogP contribution in [0.1, 0.15) is 19.4 Å². The molecule has 0 aliphatic carbocycles. The molecule has 1 amide bonds. The topological polar surface area (TPSA) is 36.8 Å². The number of carbonyl (C=O) groups is 1. The Balaban J connectivity index is 1.72. The van der Waals surface area contributed by atoms with Crippen LogP contribution in [0, 0.1) is 0 Å². The van der Waals surface area contributed by atoms with Crippen molar-refractivity contribution in [2.24, 2.45) is 0 Å². The number of rotatable bonds is 8. The molecule has 4 heteroatoms. The summed E-state index contributed by atoms with van der Waals surface area (Å²) in [5.74, 6) is 0.0418. The minimum Gasteiger partial charge on any atom is -0.378 e. The molecule has 0 spiro atoms. The summed E-state index contributed by atoms with van der Waals surface area (Å²) in [5.41, 5.74) is 5.41. The third-order valence-electron chi connectivity index (χ3n) is 5.61. The van der Waals surface area contributed by atoms with Crippen molar-refractivity contribution in [3.63, 3.8) is 0 Å². The van der Waals surface area contributed by atoms with E-state index in [-0.39, 0.29) is 11.9 Å². The van der Waals surface area contributed by atoms with Crippen LogP contribution in [0.25, 0.3) is 11.1 Å². The summed E-state index contributed by atoms with van der Waals surface area (Å²) in [6.45, 7) is 5.84. The van der Waals surface area contributed by atoms with Gasteiger partial charge >= 0.3 is 0 Å². The normalized spacial score (nSPS) is 12.8. The average Bonchev–Trinajstić information content (AvgIpc) is 2.78. The molecule has 0 saturated heterocycles. The number of nitrogens with one attached hydrogen (secondary N) is 2. The van der Waals surface area contributed by atoms with Gasteiger partial charge in [0, 0.05) is 36.6 Å². The highest BCUT2D eigenvalue weighted by molar-refractivity contribution is 5.97. The second-order valence-electron chi connectivity index (χ2n) is 7.87. The monoisotopic (exact) mass is 402 g/mol. The molecule has 2 N–H and O–H groups in total. The quantitative estimate of drug-likeness (QED) is 0.600. The van der Waals surface area contributed by atoms with E-state index in [2.05, 4.69) is 53.5 Å². The number of anilines is 2. The number of nitrogens with zero attached hydrogens (tertiary/aromatic N) is 1. The molecule has 3 aromatic carbocycles. The second-order valence-corrected chi connectivity index (χ2v) is 7.87. The van der Waals surface area contributed by atoms with Gasteiger partial charge in [-0.15, -0.1) is 0 Å². The Bertz CT molecular complexity index is 952. The maximum absolute atomic E-state index is 13.1. The van der Waals surface area contributed by atoms with Gasteiger partial charge in [-0.05, 0) is 37.6 Å². The van der Waals surface area contributed by atoms with Crippen LogP contribution in [0.3, 0.4) is 0 Å². The lowest BCUT2D eigenvalue weighted by atomic mass is 10.0. The molecular weight excluding hydrogens is 370 g/mol.